The van der Waals surface area contributed by atoms with Crippen LogP contribution in [0.15, 0.2) is 0 Å². The van der Waals surface area contributed by atoms with Gasteiger partial charge in [0.05, 0.1) is 0 Å². The SMILES string of the molecule is BC1(SC)CC(C(C)C)C1. The number of hydrogen-bond acceptors (Lipinski definition) is 1. The maximum absolute atomic E-state index is 2.39. The largest absolute Gasteiger partial charge is 0.168 e. The average Bonchev–Trinajstić information content (AvgIpc) is 1.80. The molecule has 1 aliphatic carbocycles. The van der Waals surface area contributed by atoms with Gasteiger partial charge in [-0.2, -0.15) is 11.8 Å². The van der Waals surface area contributed by atoms with Gasteiger partial charge in [0.25, 0.3) is 0 Å². The summed E-state index contributed by atoms with van der Waals surface area (Å²) in [6.45, 7) is 4.68. The topological polar surface area (TPSA) is 0 Å². The van der Waals surface area contributed by atoms with Gasteiger partial charge in [-0.15, -0.1) is 0 Å². The number of thioether (sulfide) groups is 1. The highest BCUT2D eigenvalue weighted by Gasteiger charge is 2.40. The molecule has 0 nitrogen and oxygen atoms in total. The van der Waals surface area contributed by atoms with E-state index in [4.69, 9.17) is 0 Å². The van der Waals surface area contributed by atoms with Gasteiger partial charge in [-0.1, -0.05) is 13.8 Å². The molecular weight excluding hydrogens is 139 g/mol. The van der Waals surface area contributed by atoms with Crippen LogP contribution in [0, 0.1) is 11.8 Å². The normalized spacial score (nSPS) is 39.8. The molecule has 58 valence electrons. The molecule has 0 heterocycles. The van der Waals surface area contributed by atoms with Crippen molar-refractivity contribution in [1.82, 2.24) is 0 Å². The third-order valence-electron chi connectivity index (χ3n) is 2.82. The molecule has 0 N–H and O–H groups in total. The van der Waals surface area contributed by atoms with Crippen LogP contribution in [0.4, 0.5) is 0 Å². The lowest BCUT2D eigenvalue weighted by Crippen LogP contribution is -2.43. The van der Waals surface area contributed by atoms with E-state index in [9.17, 15) is 0 Å². The lowest BCUT2D eigenvalue weighted by Gasteiger charge is -2.46. The number of rotatable bonds is 2. The summed E-state index contributed by atoms with van der Waals surface area (Å²) < 4.78 is 0.634. The first-order valence-electron chi connectivity index (χ1n) is 4.12. The smallest absolute Gasteiger partial charge is 0.122 e. The van der Waals surface area contributed by atoms with Gasteiger partial charge in [0.1, 0.15) is 7.85 Å². The highest BCUT2D eigenvalue weighted by molar-refractivity contribution is 8.01. The van der Waals surface area contributed by atoms with Crippen molar-refractivity contribution < 1.29 is 0 Å². The molecule has 0 unspecified atom stereocenters. The molecule has 0 radical (unpaired) electrons. The van der Waals surface area contributed by atoms with Crippen LogP contribution in [0.25, 0.3) is 0 Å². The average molecular weight is 156 g/mol. The van der Waals surface area contributed by atoms with Crippen LogP contribution in [0.1, 0.15) is 26.7 Å². The fourth-order valence-electron chi connectivity index (χ4n) is 1.69. The minimum atomic E-state index is 0.634. The highest BCUT2D eigenvalue weighted by Crippen LogP contribution is 2.47. The second kappa shape index (κ2) is 2.81. The molecule has 10 heavy (non-hydrogen) atoms. The fraction of sp³-hybridized carbons (Fsp3) is 1.00. The van der Waals surface area contributed by atoms with Crippen LogP contribution in [-0.4, -0.2) is 18.7 Å². The molecule has 1 saturated carbocycles. The van der Waals surface area contributed by atoms with E-state index in [1.54, 1.807) is 0 Å². The zero-order valence-electron chi connectivity index (χ0n) is 7.48. The molecule has 0 spiro atoms. The molecular formula is C8H17BS. The lowest BCUT2D eigenvalue weighted by molar-refractivity contribution is 0.222. The van der Waals surface area contributed by atoms with E-state index in [-0.39, 0.29) is 0 Å². The molecule has 0 aliphatic heterocycles. The summed E-state index contributed by atoms with van der Waals surface area (Å²) in [5.74, 6) is 1.91. The van der Waals surface area contributed by atoms with Crippen molar-refractivity contribution in [2.75, 3.05) is 6.26 Å². The third kappa shape index (κ3) is 1.53. The molecule has 2 heteroatoms. The van der Waals surface area contributed by atoms with Crippen LogP contribution in [0.2, 0.25) is 0 Å². The summed E-state index contributed by atoms with van der Waals surface area (Å²) in [5, 5.41) is 0. The van der Waals surface area contributed by atoms with Gasteiger partial charge in [0, 0.05) is 0 Å². The summed E-state index contributed by atoms with van der Waals surface area (Å²) >= 11 is 2.04. The van der Waals surface area contributed by atoms with Crippen LogP contribution in [0.5, 0.6) is 0 Å². The Morgan fingerprint density at radius 2 is 2.00 bits per heavy atom. The maximum Gasteiger partial charge on any atom is 0.122 e. The van der Waals surface area contributed by atoms with E-state index < -0.39 is 0 Å². The van der Waals surface area contributed by atoms with E-state index >= 15 is 0 Å². The summed E-state index contributed by atoms with van der Waals surface area (Å²) in [7, 11) is 2.39. The van der Waals surface area contributed by atoms with Crippen LogP contribution >= 0.6 is 11.8 Å². The van der Waals surface area contributed by atoms with E-state index in [1.807, 2.05) is 11.8 Å². The van der Waals surface area contributed by atoms with E-state index in [0.29, 0.717) is 4.65 Å². The molecule has 0 aromatic carbocycles. The Kier molecular flexibility index (Phi) is 2.39. The second-order valence-corrected chi connectivity index (χ2v) is 5.46. The first-order chi connectivity index (χ1) is 4.57. The quantitative estimate of drug-likeness (QED) is 0.549. The number of hydrogen-bond donors (Lipinski definition) is 0. The van der Waals surface area contributed by atoms with Crippen LogP contribution in [-0.2, 0) is 0 Å². The van der Waals surface area contributed by atoms with Crippen molar-refractivity contribution in [3.05, 3.63) is 0 Å². The van der Waals surface area contributed by atoms with E-state index in [1.165, 1.54) is 12.8 Å². The van der Waals surface area contributed by atoms with Crippen molar-refractivity contribution in [2.24, 2.45) is 11.8 Å². The minimum absolute atomic E-state index is 0.634. The zero-order chi connectivity index (χ0) is 7.78. The van der Waals surface area contributed by atoms with Crippen LogP contribution in [0.3, 0.4) is 0 Å². The Bertz CT molecular complexity index is 116. The molecule has 0 atom stereocenters. The van der Waals surface area contributed by atoms with Gasteiger partial charge in [0.2, 0.25) is 0 Å². The first-order valence-corrected chi connectivity index (χ1v) is 5.35. The molecule has 1 fully saturated rings. The summed E-state index contributed by atoms with van der Waals surface area (Å²) in [6, 6.07) is 0. The molecule has 0 amide bonds. The Balaban J connectivity index is 2.29. The van der Waals surface area contributed by atoms with Gasteiger partial charge in [-0.05, 0) is 35.6 Å². The third-order valence-corrected chi connectivity index (χ3v) is 4.14. The van der Waals surface area contributed by atoms with Crippen molar-refractivity contribution in [1.29, 1.82) is 0 Å². The van der Waals surface area contributed by atoms with Gasteiger partial charge in [-0.3, -0.25) is 0 Å². The predicted octanol–water partition coefficient (Wildman–Crippen LogP) is 1.74. The maximum atomic E-state index is 2.39. The summed E-state index contributed by atoms with van der Waals surface area (Å²) in [4.78, 5) is 0. The minimum Gasteiger partial charge on any atom is -0.168 e. The predicted molar refractivity (Wildman–Crippen MR) is 52.4 cm³/mol. The molecule has 0 aromatic rings. The summed E-state index contributed by atoms with van der Waals surface area (Å²) in [5.41, 5.74) is 0. The first kappa shape index (κ1) is 8.51. The van der Waals surface area contributed by atoms with Crippen molar-refractivity contribution in [3.63, 3.8) is 0 Å². The zero-order valence-corrected chi connectivity index (χ0v) is 8.29. The van der Waals surface area contributed by atoms with Gasteiger partial charge < -0.3 is 0 Å². The van der Waals surface area contributed by atoms with Crippen molar-refractivity contribution >= 4 is 19.6 Å². The van der Waals surface area contributed by atoms with Gasteiger partial charge >= 0.3 is 0 Å². The lowest BCUT2D eigenvalue weighted by atomic mass is 9.60. The van der Waals surface area contributed by atoms with E-state index in [0.717, 1.165) is 11.8 Å². The Morgan fingerprint density at radius 3 is 2.30 bits per heavy atom. The highest BCUT2D eigenvalue weighted by atomic mass is 32.2. The Hall–Kier alpha value is 0.415. The Labute approximate surface area is 69.6 Å². The fourth-order valence-corrected chi connectivity index (χ4v) is 2.45. The van der Waals surface area contributed by atoms with E-state index in [2.05, 4.69) is 27.9 Å². The standard InChI is InChI=1S/C8H17BS/c1-6(2)7-4-8(9,5-7)10-3/h6-7H,4-5,9H2,1-3H3. The van der Waals surface area contributed by atoms with Gasteiger partial charge in [0.15, 0.2) is 0 Å². The second-order valence-electron chi connectivity index (χ2n) is 4.07. The molecule has 0 saturated heterocycles. The molecule has 0 aromatic heterocycles. The Morgan fingerprint density at radius 1 is 1.50 bits per heavy atom. The molecule has 1 rings (SSSR count). The monoisotopic (exact) mass is 156 g/mol. The molecule has 1 aliphatic rings. The van der Waals surface area contributed by atoms with Crippen molar-refractivity contribution in [2.45, 2.75) is 31.3 Å². The van der Waals surface area contributed by atoms with Gasteiger partial charge in [-0.25, -0.2) is 0 Å². The molecule has 0 bridgehead atoms. The van der Waals surface area contributed by atoms with Crippen molar-refractivity contribution in [3.8, 4) is 0 Å². The summed E-state index contributed by atoms with van der Waals surface area (Å²) in [6.07, 6.45) is 5.11. The van der Waals surface area contributed by atoms with Crippen LogP contribution < -0.4 is 0 Å².